The van der Waals surface area contributed by atoms with Gasteiger partial charge >= 0.3 is 0 Å². The van der Waals surface area contributed by atoms with Gasteiger partial charge in [-0.25, -0.2) is 0 Å². The molecule has 0 aromatic heterocycles. The number of carbonyl (C=O) groups is 2. The average Bonchev–Trinajstić information content (AvgIpc) is 3.05. The molecule has 0 unspecified atom stereocenters. The van der Waals surface area contributed by atoms with E-state index in [2.05, 4.69) is 5.32 Å². The van der Waals surface area contributed by atoms with E-state index in [0.29, 0.717) is 43.4 Å². The normalized spacial score (nSPS) is 19.6. The third-order valence-electron chi connectivity index (χ3n) is 4.87. The van der Waals surface area contributed by atoms with Crippen LogP contribution in [0.5, 0.6) is 11.5 Å². The third kappa shape index (κ3) is 3.74. The Kier molecular flexibility index (Phi) is 4.96. The Morgan fingerprint density at radius 2 is 1.81 bits per heavy atom. The summed E-state index contributed by atoms with van der Waals surface area (Å²) in [7, 11) is 0. The minimum atomic E-state index is -0.294. The van der Waals surface area contributed by atoms with E-state index >= 15 is 0 Å². The lowest BCUT2D eigenvalue weighted by atomic mass is 10.0. The molecule has 1 N–H and O–H groups in total. The number of hydrogen-bond acceptors (Lipinski definition) is 4. The van der Waals surface area contributed by atoms with Gasteiger partial charge in [0.25, 0.3) is 5.91 Å². The van der Waals surface area contributed by atoms with Crippen LogP contribution < -0.4 is 14.8 Å². The molecule has 0 saturated carbocycles. The van der Waals surface area contributed by atoms with Crippen LogP contribution in [0.1, 0.15) is 34.8 Å². The largest absolute Gasteiger partial charge is 0.490 e. The Morgan fingerprint density at radius 1 is 1.04 bits per heavy atom. The van der Waals surface area contributed by atoms with Gasteiger partial charge in [0.1, 0.15) is 0 Å². The van der Waals surface area contributed by atoms with Crippen molar-refractivity contribution in [2.24, 2.45) is 0 Å². The van der Waals surface area contributed by atoms with Gasteiger partial charge in [0.2, 0.25) is 5.91 Å². The van der Waals surface area contributed by atoms with E-state index in [0.717, 1.165) is 12.0 Å². The lowest BCUT2D eigenvalue weighted by molar-refractivity contribution is -0.121. The van der Waals surface area contributed by atoms with Crippen LogP contribution in [0.25, 0.3) is 0 Å². The highest BCUT2D eigenvalue weighted by atomic mass is 16.5. The van der Waals surface area contributed by atoms with Gasteiger partial charge in [0.15, 0.2) is 11.5 Å². The first-order chi connectivity index (χ1) is 13.2. The number of ether oxygens (including phenoxy) is 2. The SMILES string of the molecule is O=C1C[C@@H](c2ccccc2)N(C(=O)c2ccc3c(c2)OCCCO3)CCN1. The van der Waals surface area contributed by atoms with Gasteiger partial charge in [-0.15, -0.1) is 0 Å². The van der Waals surface area contributed by atoms with Gasteiger partial charge in [-0.2, -0.15) is 0 Å². The van der Waals surface area contributed by atoms with Gasteiger partial charge in [-0.3, -0.25) is 9.59 Å². The summed E-state index contributed by atoms with van der Waals surface area (Å²) >= 11 is 0. The molecule has 2 aromatic carbocycles. The van der Waals surface area contributed by atoms with Crippen molar-refractivity contribution in [3.63, 3.8) is 0 Å². The fraction of sp³-hybridized carbons (Fsp3) is 0.333. The molecule has 2 aromatic rings. The van der Waals surface area contributed by atoms with E-state index in [4.69, 9.17) is 9.47 Å². The minimum Gasteiger partial charge on any atom is -0.490 e. The zero-order valence-corrected chi connectivity index (χ0v) is 15.0. The number of hydrogen-bond donors (Lipinski definition) is 1. The van der Waals surface area contributed by atoms with Crippen molar-refractivity contribution in [3.05, 3.63) is 59.7 Å². The Hall–Kier alpha value is -3.02. The van der Waals surface area contributed by atoms with E-state index in [-0.39, 0.29) is 24.3 Å². The van der Waals surface area contributed by atoms with Gasteiger partial charge in [-0.1, -0.05) is 30.3 Å². The summed E-state index contributed by atoms with van der Waals surface area (Å²) in [5.74, 6) is 1.10. The maximum atomic E-state index is 13.3. The summed E-state index contributed by atoms with van der Waals surface area (Å²) < 4.78 is 11.4. The molecule has 6 heteroatoms. The number of fused-ring (bicyclic) bond motifs is 1. The molecule has 0 radical (unpaired) electrons. The third-order valence-corrected chi connectivity index (χ3v) is 4.87. The molecule has 2 aliphatic heterocycles. The van der Waals surface area contributed by atoms with Crippen LogP contribution in [-0.4, -0.2) is 43.0 Å². The zero-order valence-electron chi connectivity index (χ0n) is 15.0. The van der Waals surface area contributed by atoms with Gasteiger partial charge in [0.05, 0.1) is 25.7 Å². The van der Waals surface area contributed by atoms with Crippen molar-refractivity contribution in [3.8, 4) is 11.5 Å². The summed E-state index contributed by atoms with van der Waals surface area (Å²) in [4.78, 5) is 27.2. The van der Waals surface area contributed by atoms with E-state index in [1.807, 2.05) is 30.3 Å². The lowest BCUT2D eigenvalue weighted by Crippen LogP contribution is -2.36. The van der Waals surface area contributed by atoms with E-state index in [1.54, 1.807) is 23.1 Å². The molecule has 2 amide bonds. The Labute approximate surface area is 158 Å². The van der Waals surface area contributed by atoms with Crippen LogP contribution >= 0.6 is 0 Å². The number of benzene rings is 2. The van der Waals surface area contributed by atoms with E-state index in [9.17, 15) is 9.59 Å². The number of amides is 2. The first kappa shape index (κ1) is 17.4. The molecule has 0 bridgehead atoms. The van der Waals surface area contributed by atoms with Crippen LogP contribution in [-0.2, 0) is 4.79 Å². The molecule has 140 valence electrons. The quantitative estimate of drug-likeness (QED) is 0.887. The second-order valence-corrected chi connectivity index (χ2v) is 6.69. The lowest BCUT2D eigenvalue weighted by Gasteiger charge is -2.29. The number of rotatable bonds is 2. The summed E-state index contributed by atoms with van der Waals surface area (Å²) in [5, 5.41) is 2.86. The monoisotopic (exact) mass is 366 g/mol. The molecular weight excluding hydrogens is 344 g/mol. The van der Waals surface area contributed by atoms with Crippen molar-refractivity contribution in [1.82, 2.24) is 10.2 Å². The van der Waals surface area contributed by atoms with Crippen LogP contribution in [0.4, 0.5) is 0 Å². The number of nitrogens with one attached hydrogen (secondary N) is 1. The molecule has 1 atom stereocenters. The Balaban J connectivity index is 1.66. The van der Waals surface area contributed by atoms with Crippen molar-refractivity contribution in [2.75, 3.05) is 26.3 Å². The smallest absolute Gasteiger partial charge is 0.254 e. The number of carbonyl (C=O) groups excluding carboxylic acids is 2. The Morgan fingerprint density at radius 3 is 2.63 bits per heavy atom. The maximum absolute atomic E-state index is 13.3. The summed E-state index contributed by atoms with van der Waals surface area (Å²) in [5.41, 5.74) is 1.49. The van der Waals surface area contributed by atoms with Gasteiger partial charge in [0, 0.05) is 25.1 Å². The molecule has 0 aliphatic carbocycles. The molecule has 1 fully saturated rings. The highest BCUT2D eigenvalue weighted by Gasteiger charge is 2.30. The van der Waals surface area contributed by atoms with Crippen molar-refractivity contribution in [1.29, 1.82) is 0 Å². The van der Waals surface area contributed by atoms with Crippen LogP contribution in [0.15, 0.2) is 48.5 Å². The first-order valence-corrected chi connectivity index (χ1v) is 9.24. The fourth-order valence-corrected chi connectivity index (χ4v) is 3.51. The molecule has 2 aliphatic rings. The highest BCUT2D eigenvalue weighted by Crippen LogP contribution is 2.33. The van der Waals surface area contributed by atoms with Crippen LogP contribution in [0, 0.1) is 0 Å². The van der Waals surface area contributed by atoms with Crippen molar-refractivity contribution < 1.29 is 19.1 Å². The topological polar surface area (TPSA) is 67.9 Å². The molecule has 2 heterocycles. The highest BCUT2D eigenvalue weighted by molar-refractivity contribution is 5.96. The second-order valence-electron chi connectivity index (χ2n) is 6.69. The molecule has 0 spiro atoms. The predicted octanol–water partition coefficient (Wildman–Crippen LogP) is 2.55. The summed E-state index contributed by atoms with van der Waals surface area (Å²) in [6, 6.07) is 14.7. The molecular formula is C21H22N2O4. The van der Waals surface area contributed by atoms with Crippen LogP contribution in [0.2, 0.25) is 0 Å². The van der Waals surface area contributed by atoms with Crippen LogP contribution in [0.3, 0.4) is 0 Å². The second kappa shape index (κ2) is 7.70. The summed E-state index contributed by atoms with van der Waals surface area (Å²) in [6.07, 6.45) is 1.06. The van der Waals surface area contributed by atoms with Crippen molar-refractivity contribution in [2.45, 2.75) is 18.9 Å². The van der Waals surface area contributed by atoms with E-state index < -0.39 is 0 Å². The molecule has 27 heavy (non-hydrogen) atoms. The van der Waals surface area contributed by atoms with Gasteiger partial charge in [-0.05, 0) is 23.8 Å². The van der Waals surface area contributed by atoms with E-state index in [1.165, 1.54) is 0 Å². The zero-order chi connectivity index (χ0) is 18.6. The molecule has 6 nitrogen and oxygen atoms in total. The predicted molar refractivity (Wildman–Crippen MR) is 99.9 cm³/mol. The van der Waals surface area contributed by atoms with Gasteiger partial charge < -0.3 is 19.7 Å². The van der Waals surface area contributed by atoms with Crippen molar-refractivity contribution >= 4 is 11.8 Å². The minimum absolute atomic E-state index is 0.0437. The molecule has 1 saturated heterocycles. The first-order valence-electron chi connectivity index (χ1n) is 9.24. The average molecular weight is 366 g/mol. The molecule has 4 rings (SSSR count). The standard InChI is InChI=1S/C21H22N2O4/c24-20-14-17(15-5-2-1-3-6-15)23(10-9-22-20)21(25)16-7-8-18-19(13-16)27-12-4-11-26-18/h1-3,5-8,13,17H,4,9-12,14H2,(H,22,24)/t17-/m0/s1. The summed E-state index contributed by atoms with van der Waals surface area (Å²) in [6.45, 7) is 2.08. The fourth-order valence-electron chi connectivity index (χ4n) is 3.51. The Bertz CT molecular complexity index is 837. The number of nitrogens with zero attached hydrogens (tertiary/aromatic N) is 1. The maximum Gasteiger partial charge on any atom is 0.254 e.